The highest BCUT2D eigenvalue weighted by molar-refractivity contribution is 6.26. The van der Waals surface area contributed by atoms with Crippen molar-refractivity contribution in [1.29, 1.82) is 0 Å². The van der Waals surface area contributed by atoms with Crippen LogP contribution < -0.4 is 0 Å². The summed E-state index contributed by atoms with van der Waals surface area (Å²) in [6.07, 6.45) is 0. The van der Waals surface area contributed by atoms with Crippen LogP contribution in [0.4, 0.5) is 0 Å². The molecule has 0 spiro atoms. The summed E-state index contributed by atoms with van der Waals surface area (Å²) in [7, 11) is 0. The first-order valence-electron chi connectivity index (χ1n) is 25.5. The van der Waals surface area contributed by atoms with Crippen LogP contribution in [-0.2, 0) is 0 Å². The molecule has 232 valence electrons. The number of hydrogen-bond acceptors (Lipinski definition) is 2. The molecule has 0 saturated heterocycles. The monoisotopic (exact) mass is 656 g/mol. The average Bonchev–Trinajstić information content (AvgIpc) is 3.94. The van der Waals surface area contributed by atoms with E-state index in [0.717, 1.165) is 6.07 Å². The fourth-order valence-corrected chi connectivity index (χ4v) is 6.88. The topological polar surface area (TPSA) is 26.3 Å². The molecule has 2 heteroatoms. The van der Waals surface area contributed by atoms with Crippen molar-refractivity contribution in [3.05, 3.63) is 169 Å². The molecule has 9 aromatic carbocycles. The first-order valence-corrected chi connectivity index (χ1v) is 15.5. The summed E-state index contributed by atoms with van der Waals surface area (Å²) >= 11 is 0. The predicted molar refractivity (Wildman–Crippen MR) is 210 cm³/mol. The Morgan fingerprint density at radius 1 is 0.380 bits per heavy atom. The van der Waals surface area contributed by atoms with E-state index >= 15 is 0 Å². The molecule has 0 atom stereocenters. The van der Waals surface area contributed by atoms with Gasteiger partial charge in [-0.15, -0.1) is 0 Å². The van der Waals surface area contributed by atoms with Gasteiger partial charge in [0.25, 0.3) is 0 Å². The second kappa shape index (κ2) is 10.4. The fourth-order valence-electron chi connectivity index (χ4n) is 6.88. The molecule has 2 aromatic heterocycles. The van der Waals surface area contributed by atoms with Crippen molar-refractivity contribution >= 4 is 76.2 Å². The van der Waals surface area contributed by atoms with E-state index in [0.29, 0.717) is 16.3 Å². The van der Waals surface area contributed by atoms with Crippen LogP contribution in [0.2, 0.25) is 0 Å². The molecule has 0 saturated carbocycles. The van der Waals surface area contributed by atoms with E-state index in [9.17, 15) is 13.7 Å². The van der Waals surface area contributed by atoms with Gasteiger partial charge in [0.15, 0.2) is 0 Å². The molecule has 11 rings (SSSR count). The van der Waals surface area contributed by atoms with Gasteiger partial charge >= 0.3 is 0 Å². The van der Waals surface area contributed by atoms with Gasteiger partial charge in [-0.25, -0.2) is 0 Å². The number of para-hydroxylation sites is 1. The molecule has 0 unspecified atom stereocenters. The quantitative estimate of drug-likeness (QED) is 0.177. The Hall–Kier alpha value is -6.64. The van der Waals surface area contributed by atoms with Crippen LogP contribution in [0.15, 0.2) is 178 Å². The Kier molecular flexibility index (Phi) is 3.02. The van der Waals surface area contributed by atoms with Crippen molar-refractivity contribution in [2.24, 2.45) is 0 Å². The van der Waals surface area contributed by atoms with Crippen molar-refractivity contribution in [2.45, 2.75) is 0 Å². The standard InChI is InChI=1S/C48H28O2/c1-2-15-33-29(11-1)12-10-21-34(33)46-37-18-5-3-16-35(37)45(36-17-4-6-19-38(36)46)32-14-9-13-30(27-32)31-23-24-40-44(28-31)50-43-26-25-42-47(48(40)43)39-20-7-8-22-41(39)49-42/h1-28H/i3D,4D,5D,6D,7D,8D,9D,13D,14D,16D,17D,18D,19D,20D,22D,23D,24D,25D,26D,27D. The Labute approximate surface area is 315 Å². The molecule has 0 fully saturated rings. The molecule has 0 aliphatic rings. The van der Waals surface area contributed by atoms with Gasteiger partial charge in [0, 0.05) is 21.5 Å². The molecule has 2 heterocycles. The van der Waals surface area contributed by atoms with Crippen molar-refractivity contribution in [3.63, 3.8) is 0 Å². The molecule has 0 aliphatic carbocycles. The molecule has 50 heavy (non-hydrogen) atoms. The molecular weight excluding hydrogens is 609 g/mol. The van der Waals surface area contributed by atoms with Gasteiger partial charge < -0.3 is 8.83 Å². The van der Waals surface area contributed by atoms with Crippen LogP contribution in [0.5, 0.6) is 0 Å². The highest BCUT2D eigenvalue weighted by atomic mass is 16.3. The molecule has 0 aliphatic heterocycles. The smallest absolute Gasteiger partial charge is 0.136 e. The van der Waals surface area contributed by atoms with Gasteiger partial charge in [-0.3, -0.25) is 0 Å². The van der Waals surface area contributed by atoms with Crippen LogP contribution in [0.3, 0.4) is 0 Å². The summed E-state index contributed by atoms with van der Waals surface area (Å²) in [6.45, 7) is 0. The summed E-state index contributed by atoms with van der Waals surface area (Å²) < 4.78 is 193. The SMILES string of the molecule is [2H]c1c([2H])c(-c2cc3oc4c([2H])c([2H])c5oc6c([2H])c([2H])c([2H])c([2H])c6c5c4c3c([2H])c2[2H])c([2H])c(-c2c3c([2H])c([2H])c([2H])c([2H])c3c(-c3cccc4ccccc34)c3c([2H])c([2H])c([2H])c([2H])c23)c1[2H]. The van der Waals surface area contributed by atoms with Crippen molar-refractivity contribution in [2.75, 3.05) is 0 Å². The van der Waals surface area contributed by atoms with E-state index in [2.05, 4.69) is 0 Å². The molecule has 11 aromatic rings. The lowest BCUT2D eigenvalue weighted by atomic mass is 9.84. The summed E-state index contributed by atoms with van der Waals surface area (Å²) in [5, 5.41) is -0.422. The van der Waals surface area contributed by atoms with Crippen LogP contribution >= 0.6 is 0 Å². The zero-order valence-electron chi connectivity index (χ0n) is 45.4. The van der Waals surface area contributed by atoms with Crippen LogP contribution in [-0.4, -0.2) is 0 Å². The summed E-state index contributed by atoms with van der Waals surface area (Å²) in [5.74, 6) is 0. The minimum Gasteiger partial charge on any atom is -0.456 e. The summed E-state index contributed by atoms with van der Waals surface area (Å²) in [4.78, 5) is 0. The van der Waals surface area contributed by atoms with E-state index in [1.165, 1.54) is 0 Å². The van der Waals surface area contributed by atoms with Crippen LogP contribution in [0.1, 0.15) is 27.4 Å². The minimum absolute atomic E-state index is 0.00773. The number of fused-ring (bicyclic) bond motifs is 10. The maximum absolute atomic E-state index is 9.90. The van der Waals surface area contributed by atoms with Crippen molar-refractivity contribution in [1.82, 2.24) is 0 Å². The fraction of sp³-hybridized carbons (Fsp3) is 0. The summed E-state index contributed by atoms with van der Waals surface area (Å²) in [6, 6.07) is -0.226. The Morgan fingerprint density at radius 2 is 0.980 bits per heavy atom. The third kappa shape index (κ3) is 3.90. The average molecular weight is 657 g/mol. The van der Waals surface area contributed by atoms with Gasteiger partial charge in [-0.05, 0) is 102 Å². The molecule has 0 amide bonds. The van der Waals surface area contributed by atoms with E-state index in [1.807, 2.05) is 0 Å². The number of furan rings is 2. The number of benzene rings is 9. The highest BCUT2D eigenvalue weighted by Gasteiger charge is 2.19. The maximum atomic E-state index is 9.90. The Balaban J connectivity index is 1.32. The number of rotatable bonds is 3. The molecule has 0 bridgehead atoms. The lowest BCUT2D eigenvalue weighted by Crippen LogP contribution is -1.92. The largest absolute Gasteiger partial charge is 0.456 e. The normalized spacial score (nSPS) is 17.6. The predicted octanol–water partition coefficient (Wildman–Crippen LogP) is 13.9. The Morgan fingerprint density at radius 3 is 1.74 bits per heavy atom. The van der Waals surface area contributed by atoms with E-state index in [4.69, 9.17) is 22.5 Å². The lowest BCUT2D eigenvalue weighted by molar-refractivity contribution is 0.663. The van der Waals surface area contributed by atoms with E-state index < -0.39 is 138 Å². The van der Waals surface area contributed by atoms with Crippen LogP contribution in [0.25, 0.3) is 110 Å². The Bertz CT molecular complexity index is 4220. The third-order valence-electron chi connectivity index (χ3n) is 8.99. The summed E-state index contributed by atoms with van der Waals surface area (Å²) in [5.41, 5.74) is -2.82. The zero-order chi connectivity index (χ0) is 50.2. The second-order valence-corrected chi connectivity index (χ2v) is 11.6. The highest BCUT2D eigenvalue weighted by Crippen LogP contribution is 2.46. The van der Waals surface area contributed by atoms with Crippen molar-refractivity contribution in [3.8, 4) is 33.4 Å². The van der Waals surface area contributed by atoms with Gasteiger partial charge in [0.05, 0.1) is 27.4 Å². The second-order valence-electron chi connectivity index (χ2n) is 11.6. The first kappa shape index (κ1) is 14.5. The van der Waals surface area contributed by atoms with Crippen LogP contribution in [0, 0.1) is 0 Å². The minimum atomic E-state index is -0.856. The molecule has 2 nitrogen and oxygen atoms in total. The van der Waals surface area contributed by atoms with Gasteiger partial charge in [0.1, 0.15) is 22.3 Å². The molecule has 0 N–H and O–H groups in total. The van der Waals surface area contributed by atoms with E-state index in [-0.39, 0.29) is 76.5 Å². The van der Waals surface area contributed by atoms with E-state index in [1.54, 1.807) is 42.5 Å². The van der Waals surface area contributed by atoms with Gasteiger partial charge in [0.2, 0.25) is 0 Å². The van der Waals surface area contributed by atoms with Gasteiger partial charge in [-0.2, -0.15) is 0 Å². The van der Waals surface area contributed by atoms with Gasteiger partial charge in [-0.1, -0.05) is 133 Å². The first-order chi connectivity index (χ1) is 33.1. The maximum Gasteiger partial charge on any atom is 0.136 e. The molecular formula is C48H28O2. The molecule has 0 radical (unpaired) electrons. The lowest BCUT2D eigenvalue weighted by Gasteiger charge is -2.19. The third-order valence-corrected chi connectivity index (χ3v) is 8.99. The number of hydrogen-bond donors (Lipinski definition) is 0. The van der Waals surface area contributed by atoms with Crippen molar-refractivity contribution < 1.29 is 36.2 Å². The zero-order valence-corrected chi connectivity index (χ0v) is 25.4.